The summed E-state index contributed by atoms with van der Waals surface area (Å²) < 4.78 is 6.06. The molecule has 3 aromatic carbocycles. The van der Waals surface area contributed by atoms with Gasteiger partial charge in [0.2, 0.25) is 0 Å². The maximum atomic E-state index is 10.8. The van der Waals surface area contributed by atoms with Crippen molar-refractivity contribution in [1.82, 2.24) is 0 Å². The van der Waals surface area contributed by atoms with Crippen LogP contribution in [0, 0.1) is 0 Å². The van der Waals surface area contributed by atoms with E-state index in [0.717, 1.165) is 22.8 Å². The van der Waals surface area contributed by atoms with E-state index in [1.54, 1.807) is 24.3 Å². The molecule has 0 radical (unpaired) electrons. The molecule has 3 rings (SSSR count). The number of ether oxygens (including phenoxy) is 1. The van der Waals surface area contributed by atoms with Gasteiger partial charge in [-0.1, -0.05) is 83.9 Å². The fourth-order valence-electron chi connectivity index (χ4n) is 3.21. The number of benzene rings is 3. The van der Waals surface area contributed by atoms with Gasteiger partial charge in [-0.25, -0.2) is 4.79 Å². The third-order valence-electron chi connectivity index (χ3n) is 4.81. The third-order valence-corrected chi connectivity index (χ3v) is 5.52. The van der Waals surface area contributed by atoms with Crippen molar-refractivity contribution in [1.29, 1.82) is 0 Å². The van der Waals surface area contributed by atoms with Crippen LogP contribution in [-0.2, 0) is 24.4 Å². The Hall–Kier alpha value is -3.05. The number of aliphatic hydroxyl groups excluding tert-OH is 1. The van der Waals surface area contributed by atoms with Crippen molar-refractivity contribution >= 4 is 41.3 Å². The van der Waals surface area contributed by atoms with Gasteiger partial charge in [-0.2, -0.15) is 0 Å². The minimum atomic E-state index is -0.995. The van der Waals surface area contributed by atoms with E-state index in [1.807, 2.05) is 54.6 Å². The molecule has 0 saturated heterocycles. The zero-order chi connectivity index (χ0) is 22.9. The highest BCUT2D eigenvalue weighted by molar-refractivity contribution is 6.35. The molecule has 2 N–H and O–H groups in total. The molecule has 164 valence electrons. The van der Waals surface area contributed by atoms with Crippen molar-refractivity contribution in [3.63, 3.8) is 0 Å². The summed E-state index contributed by atoms with van der Waals surface area (Å²) in [5.41, 5.74) is 3.95. The standard InChI is InChI=1S/C26H22Cl2O4/c27-23-12-5-13-24(28)22(23)17-32-26-20(10-4-11-21(26)16-29)9-3-8-18-6-1-2-7-19(18)14-15-25(30)31/h1-8,10-15,29H,9,16-17H2,(H,30,31). The number of hydrogen-bond donors (Lipinski definition) is 2. The molecule has 4 nitrogen and oxygen atoms in total. The fraction of sp³-hybridized carbons (Fsp3) is 0.115. The van der Waals surface area contributed by atoms with Crippen molar-refractivity contribution < 1.29 is 19.7 Å². The van der Waals surface area contributed by atoms with Gasteiger partial charge in [0.15, 0.2) is 0 Å². The van der Waals surface area contributed by atoms with E-state index in [9.17, 15) is 9.90 Å². The summed E-state index contributed by atoms with van der Waals surface area (Å²) in [6.07, 6.45) is 7.14. The molecule has 0 spiro atoms. The molecular weight excluding hydrogens is 447 g/mol. The summed E-state index contributed by atoms with van der Waals surface area (Å²) in [4.78, 5) is 10.8. The Balaban J connectivity index is 1.82. The minimum absolute atomic E-state index is 0.161. The van der Waals surface area contributed by atoms with Gasteiger partial charge in [0.05, 0.1) is 6.61 Å². The van der Waals surface area contributed by atoms with Gasteiger partial charge < -0.3 is 14.9 Å². The summed E-state index contributed by atoms with van der Waals surface area (Å²) in [6.45, 7) is 0.0149. The monoisotopic (exact) mass is 468 g/mol. The number of carboxylic acids is 1. The van der Waals surface area contributed by atoms with Crippen LogP contribution in [0.2, 0.25) is 10.0 Å². The van der Waals surface area contributed by atoms with Crippen molar-refractivity contribution in [3.8, 4) is 5.75 Å². The Morgan fingerprint density at radius 3 is 2.16 bits per heavy atom. The van der Waals surface area contributed by atoms with E-state index < -0.39 is 5.97 Å². The van der Waals surface area contributed by atoms with Crippen molar-refractivity contribution in [3.05, 3.63) is 111 Å². The SMILES string of the molecule is O=C(O)C=Cc1ccccc1C=CCc1cccc(CO)c1OCc1c(Cl)cccc1Cl. The molecule has 0 saturated carbocycles. The zero-order valence-electron chi connectivity index (χ0n) is 17.2. The second-order valence-corrected chi connectivity index (χ2v) is 7.77. The van der Waals surface area contributed by atoms with E-state index >= 15 is 0 Å². The highest BCUT2D eigenvalue weighted by Crippen LogP contribution is 2.30. The number of para-hydroxylation sites is 1. The molecule has 0 amide bonds. The number of aliphatic carboxylic acids is 1. The number of carbonyl (C=O) groups is 1. The van der Waals surface area contributed by atoms with Crippen LogP contribution in [0.3, 0.4) is 0 Å². The summed E-state index contributed by atoms with van der Waals surface area (Å²) in [6, 6.07) is 18.4. The van der Waals surface area contributed by atoms with Crippen molar-refractivity contribution in [2.45, 2.75) is 19.6 Å². The fourth-order valence-corrected chi connectivity index (χ4v) is 3.72. The number of allylic oxidation sites excluding steroid dienone is 1. The van der Waals surface area contributed by atoms with E-state index in [0.29, 0.717) is 33.3 Å². The first-order chi connectivity index (χ1) is 15.5. The van der Waals surface area contributed by atoms with E-state index in [1.165, 1.54) is 0 Å². The molecule has 0 heterocycles. The van der Waals surface area contributed by atoms with Crippen LogP contribution in [0.15, 0.2) is 72.8 Å². The first-order valence-electron chi connectivity index (χ1n) is 9.93. The normalized spacial score (nSPS) is 11.3. The number of aliphatic hydroxyl groups is 1. The number of hydrogen-bond acceptors (Lipinski definition) is 3. The van der Waals surface area contributed by atoms with Gasteiger partial charge in [-0.3, -0.25) is 0 Å². The molecule has 6 heteroatoms. The van der Waals surface area contributed by atoms with Gasteiger partial charge in [-0.05, 0) is 41.3 Å². The van der Waals surface area contributed by atoms with Crippen LogP contribution in [0.25, 0.3) is 12.2 Å². The lowest BCUT2D eigenvalue weighted by Gasteiger charge is -2.15. The van der Waals surface area contributed by atoms with E-state index in [2.05, 4.69) is 0 Å². The second-order valence-electron chi connectivity index (χ2n) is 6.96. The molecule has 0 unspecified atom stereocenters. The largest absolute Gasteiger partial charge is 0.488 e. The Bertz CT molecular complexity index is 1130. The number of rotatable bonds is 9. The molecule has 0 aliphatic heterocycles. The maximum Gasteiger partial charge on any atom is 0.328 e. The van der Waals surface area contributed by atoms with Crippen molar-refractivity contribution in [2.24, 2.45) is 0 Å². The lowest BCUT2D eigenvalue weighted by molar-refractivity contribution is -0.131. The van der Waals surface area contributed by atoms with Gasteiger partial charge >= 0.3 is 5.97 Å². The van der Waals surface area contributed by atoms with Gasteiger partial charge in [0.1, 0.15) is 12.4 Å². The smallest absolute Gasteiger partial charge is 0.328 e. The highest BCUT2D eigenvalue weighted by atomic mass is 35.5. The summed E-state index contributed by atoms with van der Waals surface area (Å²) in [7, 11) is 0. The highest BCUT2D eigenvalue weighted by Gasteiger charge is 2.12. The quantitative estimate of drug-likeness (QED) is 0.355. The van der Waals surface area contributed by atoms with Gasteiger partial charge in [0, 0.05) is 27.2 Å². The molecule has 0 aromatic heterocycles. The van der Waals surface area contributed by atoms with E-state index in [4.69, 9.17) is 33.0 Å². The summed E-state index contributed by atoms with van der Waals surface area (Å²) in [5, 5.41) is 19.7. The molecule has 0 atom stereocenters. The Morgan fingerprint density at radius 1 is 0.875 bits per heavy atom. The zero-order valence-corrected chi connectivity index (χ0v) is 18.7. The average Bonchev–Trinajstić information content (AvgIpc) is 2.78. The van der Waals surface area contributed by atoms with Crippen molar-refractivity contribution in [2.75, 3.05) is 0 Å². The van der Waals surface area contributed by atoms with E-state index in [-0.39, 0.29) is 13.2 Å². The van der Waals surface area contributed by atoms with Crippen LogP contribution in [-0.4, -0.2) is 16.2 Å². The van der Waals surface area contributed by atoms with Crippen LogP contribution < -0.4 is 4.74 Å². The lowest BCUT2D eigenvalue weighted by atomic mass is 10.0. The molecule has 0 aliphatic rings. The van der Waals surface area contributed by atoms with Gasteiger partial charge in [0.25, 0.3) is 0 Å². The predicted octanol–water partition coefficient (Wildman–Crippen LogP) is 6.42. The first kappa shape index (κ1) is 23.6. The minimum Gasteiger partial charge on any atom is -0.488 e. The molecule has 0 fully saturated rings. The van der Waals surface area contributed by atoms with Crippen LogP contribution >= 0.6 is 23.2 Å². The summed E-state index contributed by atoms with van der Waals surface area (Å²) in [5.74, 6) is -0.403. The molecule has 0 bridgehead atoms. The molecule has 3 aromatic rings. The third kappa shape index (κ3) is 6.24. The van der Waals surface area contributed by atoms with Gasteiger partial charge in [-0.15, -0.1) is 0 Å². The molecule has 32 heavy (non-hydrogen) atoms. The Morgan fingerprint density at radius 2 is 1.50 bits per heavy atom. The topological polar surface area (TPSA) is 66.8 Å². The number of halogens is 2. The second kappa shape index (κ2) is 11.5. The molecule has 0 aliphatic carbocycles. The van der Waals surface area contributed by atoms with Crippen LogP contribution in [0.1, 0.15) is 27.8 Å². The first-order valence-corrected chi connectivity index (χ1v) is 10.7. The molecular formula is C26H22Cl2O4. The lowest BCUT2D eigenvalue weighted by Crippen LogP contribution is -2.03. The predicted molar refractivity (Wildman–Crippen MR) is 129 cm³/mol. The maximum absolute atomic E-state index is 10.8. The summed E-state index contributed by atoms with van der Waals surface area (Å²) >= 11 is 12.5. The Labute approximate surface area is 197 Å². The van der Waals surface area contributed by atoms with Crippen LogP contribution in [0.4, 0.5) is 0 Å². The van der Waals surface area contributed by atoms with Crippen LogP contribution in [0.5, 0.6) is 5.75 Å². The average molecular weight is 469 g/mol. The number of carboxylic acid groups (broad SMARTS) is 1. The Kier molecular flexibility index (Phi) is 8.51.